The van der Waals surface area contributed by atoms with Crippen LogP contribution in [0.2, 0.25) is 0 Å². The second-order valence-electron chi connectivity index (χ2n) is 10.7. The molecule has 0 aliphatic carbocycles. The average Bonchev–Trinajstić information content (AvgIpc) is 2.90. The van der Waals surface area contributed by atoms with Crippen molar-refractivity contribution < 1.29 is 23.9 Å². The Kier molecular flexibility index (Phi) is 13.5. The van der Waals surface area contributed by atoms with Gasteiger partial charge in [0, 0.05) is 13.0 Å². The molecule has 8 heteroatoms. The molecular formula is C31H45N3O5. The van der Waals surface area contributed by atoms with Crippen molar-refractivity contribution in [3.05, 3.63) is 59.7 Å². The van der Waals surface area contributed by atoms with E-state index in [4.69, 9.17) is 15.2 Å². The van der Waals surface area contributed by atoms with Crippen molar-refractivity contribution in [2.75, 3.05) is 20.2 Å². The molecule has 0 aliphatic rings. The topological polar surface area (TPSA) is 120 Å². The highest BCUT2D eigenvalue weighted by atomic mass is 16.6. The predicted octanol–water partition coefficient (Wildman–Crippen LogP) is 4.92. The normalized spacial score (nSPS) is 11.9. The first-order chi connectivity index (χ1) is 18.6. The first-order valence-corrected chi connectivity index (χ1v) is 13.8. The second-order valence-corrected chi connectivity index (χ2v) is 10.7. The number of rotatable bonds is 15. The molecular weight excluding hydrogens is 494 g/mol. The third kappa shape index (κ3) is 12.8. The van der Waals surface area contributed by atoms with Crippen LogP contribution in [0.15, 0.2) is 48.5 Å². The molecule has 1 atom stereocenters. The number of benzene rings is 2. The van der Waals surface area contributed by atoms with Crippen molar-refractivity contribution in [3.8, 4) is 11.1 Å². The minimum absolute atomic E-state index is 0.202. The maximum Gasteiger partial charge on any atom is 0.407 e. The minimum Gasteiger partial charge on any atom is -0.467 e. The van der Waals surface area contributed by atoms with Gasteiger partial charge in [0.2, 0.25) is 5.91 Å². The van der Waals surface area contributed by atoms with Gasteiger partial charge in [-0.1, -0.05) is 48.5 Å². The van der Waals surface area contributed by atoms with E-state index in [2.05, 4.69) is 47.0 Å². The summed E-state index contributed by atoms with van der Waals surface area (Å²) in [5, 5.41) is 5.49. The smallest absolute Gasteiger partial charge is 0.407 e. The summed E-state index contributed by atoms with van der Waals surface area (Å²) in [6, 6.07) is 16.1. The fourth-order valence-corrected chi connectivity index (χ4v) is 4.09. The van der Waals surface area contributed by atoms with Crippen LogP contribution < -0.4 is 16.4 Å². The van der Waals surface area contributed by atoms with Gasteiger partial charge in [-0.15, -0.1) is 0 Å². The molecule has 0 unspecified atom stereocenters. The van der Waals surface area contributed by atoms with E-state index in [-0.39, 0.29) is 12.3 Å². The van der Waals surface area contributed by atoms with E-state index in [1.807, 2.05) is 12.1 Å². The summed E-state index contributed by atoms with van der Waals surface area (Å²) in [5.41, 5.74) is 9.68. The summed E-state index contributed by atoms with van der Waals surface area (Å²) in [5.74, 6) is -0.676. The fourth-order valence-electron chi connectivity index (χ4n) is 4.09. The second kappa shape index (κ2) is 16.5. The molecule has 8 nitrogen and oxygen atoms in total. The highest BCUT2D eigenvalue weighted by Gasteiger charge is 2.21. The van der Waals surface area contributed by atoms with Crippen LogP contribution in [0.4, 0.5) is 4.79 Å². The van der Waals surface area contributed by atoms with E-state index >= 15 is 0 Å². The Morgan fingerprint density at radius 1 is 0.846 bits per heavy atom. The Balaban J connectivity index is 1.77. The van der Waals surface area contributed by atoms with Gasteiger partial charge in [-0.2, -0.15) is 0 Å². The highest BCUT2D eigenvalue weighted by molar-refractivity contribution is 5.84. The van der Waals surface area contributed by atoms with Crippen LogP contribution in [0.25, 0.3) is 11.1 Å². The number of hydrogen-bond donors (Lipinski definition) is 3. The molecule has 2 aromatic carbocycles. The van der Waals surface area contributed by atoms with Crippen molar-refractivity contribution in [1.82, 2.24) is 10.6 Å². The monoisotopic (exact) mass is 539 g/mol. The third-order valence-electron chi connectivity index (χ3n) is 6.21. The highest BCUT2D eigenvalue weighted by Crippen LogP contribution is 2.21. The number of ether oxygens (including phenoxy) is 2. The van der Waals surface area contributed by atoms with Crippen LogP contribution in [0, 0.1) is 0 Å². The SMILES string of the molecule is COC(=O)[C@H](CCCCNC(=O)OC(C)(C)C)NC(=O)CCc1ccc(-c2ccc(CCCCN)cc2)cc1. The molecule has 2 rings (SSSR count). The summed E-state index contributed by atoms with van der Waals surface area (Å²) in [7, 11) is 1.31. The Bertz CT molecular complexity index is 1030. The molecule has 2 aromatic rings. The largest absolute Gasteiger partial charge is 0.467 e. The molecule has 39 heavy (non-hydrogen) atoms. The summed E-state index contributed by atoms with van der Waals surface area (Å²) in [4.78, 5) is 36.5. The fraction of sp³-hybridized carbons (Fsp3) is 0.516. The summed E-state index contributed by atoms with van der Waals surface area (Å²) < 4.78 is 10.1. The maximum absolute atomic E-state index is 12.6. The number of carbonyl (C=O) groups is 3. The Morgan fingerprint density at radius 2 is 1.44 bits per heavy atom. The van der Waals surface area contributed by atoms with Gasteiger partial charge in [0.1, 0.15) is 11.6 Å². The number of amides is 2. The van der Waals surface area contributed by atoms with Crippen molar-refractivity contribution in [3.63, 3.8) is 0 Å². The van der Waals surface area contributed by atoms with Crippen molar-refractivity contribution in [2.45, 2.75) is 83.8 Å². The molecule has 0 aromatic heterocycles. The lowest BCUT2D eigenvalue weighted by molar-refractivity contribution is -0.145. The van der Waals surface area contributed by atoms with Crippen LogP contribution in [0.3, 0.4) is 0 Å². The van der Waals surface area contributed by atoms with Crippen molar-refractivity contribution >= 4 is 18.0 Å². The minimum atomic E-state index is -0.718. The van der Waals surface area contributed by atoms with Gasteiger partial charge in [-0.05, 0) is 94.5 Å². The summed E-state index contributed by atoms with van der Waals surface area (Å²) in [6.07, 6.45) is 5.25. The number of carbonyl (C=O) groups excluding carboxylic acids is 3. The first-order valence-electron chi connectivity index (χ1n) is 13.8. The number of hydrogen-bond acceptors (Lipinski definition) is 6. The zero-order chi connectivity index (χ0) is 28.7. The molecule has 0 fully saturated rings. The molecule has 0 spiro atoms. The van der Waals surface area contributed by atoms with E-state index in [9.17, 15) is 14.4 Å². The lowest BCUT2D eigenvalue weighted by Gasteiger charge is -2.20. The van der Waals surface area contributed by atoms with Crippen molar-refractivity contribution in [2.24, 2.45) is 5.73 Å². The Hall–Kier alpha value is -3.39. The number of aryl methyl sites for hydroxylation is 2. The number of esters is 1. The number of methoxy groups -OCH3 is 1. The lowest BCUT2D eigenvalue weighted by Crippen LogP contribution is -2.41. The van der Waals surface area contributed by atoms with Gasteiger partial charge in [0.25, 0.3) is 0 Å². The van der Waals surface area contributed by atoms with Crippen LogP contribution in [-0.4, -0.2) is 49.8 Å². The van der Waals surface area contributed by atoms with Gasteiger partial charge in [0.05, 0.1) is 7.11 Å². The van der Waals surface area contributed by atoms with Gasteiger partial charge in [-0.3, -0.25) is 4.79 Å². The molecule has 0 heterocycles. The first kappa shape index (κ1) is 31.8. The summed E-state index contributed by atoms with van der Waals surface area (Å²) in [6.45, 7) is 6.56. The Labute approximate surface area is 233 Å². The van der Waals surface area contributed by atoms with Crippen LogP contribution >= 0.6 is 0 Å². The summed E-state index contributed by atoms with van der Waals surface area (Å²) >= 11 is 0. The van der Waals surface area contributed by atoms with E-state index < -0.39 is 23.7 Å². The molecule has 0 saturated carbocycles. The predicted molar refractivity (Wildman–Crippen MR) is 154 cm³/mol. The van der Waals surface area contributed by atoms with Crippen LogP contribution in [-0.2, 0) is 31.9 Å². The quantitative estimate of drug-likeness (QED) is 0.218. The zero-order valence-corrected chi connectivity index (χ0v) is 23.9. The number of nitrogens with one attached hydrogen (secondary N) is 2. The van der Waals surface area contributed by atoms with Gasteiger partial charge < -0.3 is 25.8 Å². The molecule has 214 valence electrons. The average molecular weight is 540 g/mol. The van der Waals surface area contributed by atoms with Gasteiger partial charge in [0.15, 0.2) is 0 Å². The molecule has 0 aliphatic heterocycles. The van der Waals surface area contributed by atoms with Gasteiger partial charge >= 0.3 is 12.1 Å². The molecule has 2 amide bonds. The molecule has 4 N–H and O–H groups in total. The Morgan fingerprint density at radius 3 is 1.97 bits per heavy atom. The molecule has 0 radical (unpaired) electrons. The van der Waals surface area contributed by atoms with Crippen molar-refractivity contribution in [1.29, 1.82) is 0 Å². The standard InChI is InChI=1S/C31H45N3O5/c1-31(2,3)39-30(37)33-22-8-6-10-27(29(36)38-4)34-28(35)20-15-24-13-18-26(19-14-24)25-16-11-23(12-17-25)9-5-7-21-32/h11-14,16-19,27H,5-10,15,20-22,32H2,1-4H3,(H,33,37)(H,34,35)/t27-/m0/s1. The van der Waals surface area contributed by atoms with E-state index in [1.165, 1.54) is 12.7 Å². The zero-order valence-electron chi connectivity index (χ0n) is 23.9. The molecule has 0 bridgehead atoms. The van der Waals surface area contributed by atoms with Gasteiger partial charge in [-0.25, -0.2) is 9.59 Å². The molecule has 0 saturated heterocycles. The van der Waals surface area contributed by atoms with E-state index in [1.54, 1.807) is 20.8 Å². The van der Waals surface area contributed by atoms with E-state index in [0.717, 1.165) is 42.5 Å². The third-order valence-corrected chi connectivity index (χ3v) is 6.21. The van der Waals surface area contributed by atoms with E-state index in [0.29, 0.717) is 32.2 Å². The number of nitrogens with two attached hydrogens (primary N) is 1. The van der Waals surface area contributed by atoms with Crippen LogP contribution in [0.1, 0.15) is 70.4 Å². The maximum atomic E-state index is 12.6. The number of unbranched alkanes of at least 4 members (excludes halogenated alkanes) is 2. The lowest BCUT2D eigenvalue weighted by atomic mass is 9.99. The van der Waals surface area contributed by atoms with Crippen LogP contribution in [0.5, 0.6) is 0 Å². The number of alkyl carbamates (subject to hydrolysis) is 1.